The van der Waals surface area contributed by atoms with E-state index in [0.717, 1.165) is 39.5 Å². The zero-order chi connectivity index (χ0) is 57.9. The highest BCUT2D eigenvalue weighted by Crippen LogP contribution is 2.29. The van der Waals surface area contributed by atoms with Crippen molar-refractivity contribution in [3.63, 3.8) is 0 Å². The zero-order valence-corrected chi connectivity index (χ0v) is 48.9. The predicted octanol–water partition coefficient (Wildman–Crippen LogP) is 10.0. The van der Waals surface area contributed by atoms with E-state index in [-0.39, 0.29) is 68.8 Å². The van der Waals surface area contributed by atoms with Crippen LogP contribution in [0.3, 0.4) is 0 Å². The molecule has 2 aromatic heterocycles. The first kappa shape index (κ1) is 66.4. The number of rotatable bonds is 22. The topological polar surface area (TPSA) is 263 Å². The van der Waals surface area contributed by atoms with Crippen molar-refractivity contribution < 1.29 is 38.9 Å². The molecule has 0 aliphatic rings. The predicted molar refractivity (Wildman–Crippen MR) is 317 cm³/mol. The van der Waals surface area contributed by atoms with Gasteiger partial charge in [-0.15, -0.1) is 0 Å². The number of carbonyl (C=O) groups excluding carboxylic acids is 4. The van der Waals surface area contributed by atoms with Gasteiger partial charge in [-0.1, -0.05) is 79.2 Å². The second kappa shape index (κ2) is 31.7. The molecule has 0 aliphatic carbocycles. The maximum atomic E-state index is 12.9. The average Bonchev–Trinajstić information content (AvgIpc) is 3.98. The molecule has 4 aromatic carbocycles. The van der Waals surface area contributed by atoms with E-state index in [4.69, 9.17) is 44.1 Å². The number of aryl methyl sites for hydroxylation is 2. The Hall–Kier alpha value is -6.83. The van der Waals surface area contributed by atoms with E-state index >= 15 is 0 Å². The van der Waals surface area contributed by atoms with Crippen LogP contribution in [0.1, 0.15) is 117 Å². The molecule has 0 bridgehead atoms. The van der Waals surface area contributed by atoms with Crippen LogP contribution in [0.15, 0.2) is 102 Å². The van der Waals surface area contributed by atoms with Gasteiger partial charge in [-0.3, -0.25) is 9.59 Å². The maximum absolute atomic E-state index is 12.9. The third-order valence-electron chi connectivity index (χ3n) is 11.6. The third kappa shape index (κ3) is 21.7. The van der Waals surface area contributed by atoms with E-state index in [0.29, 0.717) is 64.2 Å². The minimum absolute atomic E-state index is 0. The lowest BCUT2D eigenvalue weighted by molar-refractivity contribution is 0.0921. The van der Waals surface area contributed by atoms with Crippen molar-refractivity contribution in [1.82, 2.24) is 35.1 Å². The van der Waals surface area contributed by atoms with Crippen LogP contribution in [-0.4, -0.2) is 99.0 Å². The van der Waals surface area contributed by atoms with Gasteiger partial charge < -0.3 is 56.2 Å². The SMILES string of the molecule is C.CC(C)Oc1ccc(C(=O)N[C@H](CCO)Cc2ccc(-c3cn(C)c(C(C)N)n3)cc2)cc1Cl.CC(C)Oc1ccc(C(=O)N[C@H](CCO)Cc2ccc(-c3cn(C)c(C(C)NC(N)=O)n3)cc2)cc1Cl.C[Si](C)(C)N=C=O. The molecule has 2 heterocycles. The summed E-state index contributed by atoms with van der Waals surface area (Å²) in [6, 6.07) is 24.3. The van der Waals surface area contributed by atoms with E-state index in [1.165, 1.54) is 0 Å². The number of carbonyl (C=O) groups is 3. The van der Waals surface area contributed by atoms with Gasteiger partial charge in [0.25, 0.3) is 11.8 Å². The van der Waals surface area contributed by atoms with E-state index in [1.807, 2.05) is 145 Å². The number of benzene rings is 4. The summed E-state index contributed by atoms with van der Waals surface area (Å²) < 4.78 is 18.6. The lowest BCUT2D eigenvalue weighted by atomic mass is 10.0. The Labute approximate surface area is 476 Å². The van der Waals surface area contributed by atoms with E-state index in [1.54, 1.807) is 42.5 Å². The number of aliphatic hydroxyl groups excluding tert-OH is 2. The molecule has 18 nitrogen and oxygen atoms in total. The Kier molecular flexibility index (Phi) is 26.6. The molecule has 6 rings (SSSR count). The number of nitrogens with one attached hydrogen (secondary N) is 3. The molecule has 4 atom stereocenters. The number of primary amides is 1. The van der Waals surface area contributed by atoms with Crippen LogP contribution in [0.5, 0.6) is 11.5 Å². The van der Waals surface area contributed by atoms with Gasteiger partial charge in [0.05, 0.1) is 45.7 Å². The quantitative estimate of drug-likeness (QED) is 0.0191. The average molecular weight is 1140 g/mol. The minimum atomic E-state index is -1.46. The summed E-state index contributed by atoms with van der Waals surface area (Å²) >= 11 is 12.6. The molecular formula is C58H80Cl2N10O8Si. The van der Waals surface area contributed by atoms with Crippen LogP contribution in [-0.2, 0) is 31.7 Å². The molecule has 0 saturated heterocycles. The van der Waals surface area contributed by atoms with E-state index in [9.17, 15) is 29.4 Å². The summed E-state index contributed by atoms with van der Waals surface area (Å²) in [6.07, 6.45) is 7.33. The van der Waals surface area contributed by atoms with Crippen molar-refractivity contribution in [3.8, 4) is 34.0 Å². The van der Waals surface area contributed by atoms with Crippen molar-refractivity contribution in [2.75, 3.05) is 13.2 Å². The summed E-state index contributed by atoms with van der Waals surface area (Å²) in [5.41, 5.74) is 17.7. The highest BCUT2D eigenvalue weighted by atomic mass is 35.5. The van der Waals surface area contributed by atoms with Crippen molar-refractivity contribution in [3.05, 3.63) is 141 Å². The highest BCUT2D eigenvalue weighted by Gasteiger charge is 2.20. The van der Waals surface area contributed by atoms with Crippen LogP contribution >= 0.6 is 23.2 Å². The van der Waals surface area contributed by atoms with Gasteiger partial charge in [0, 0.05) is 74.0 Å². The van der Waals surface area contributed by atoms with Gasteiger partial charge in [0.1, 0.15) is 23.1 Å². The monoisotopic (exact) mass is 1140 g/mol. The molecule has 428 valence electrons. The number of halogens is 2. The fraction of sp³-hybridized carbons (Fsp3) is 0.414. The molecule has 0 aliphatic heterocycles. The molecule has 0 fully saturated rings. The first-order valence-electron chi connectivity index (χ1n) is 25.7. The van der Waals surface area contributed by atoms with Crippen molar-refractivity contribution in [2.45, 2.75) is 131 Å². The van der Waals surface area contributed by atoms with Crippen LogP contribution < -0.4 is 36.9 Å². The summed E-state index contributed by atoms with van der Waals surface area (Å²) in [4.78, 5) is 55.7. The van der Waals surface area contributed by atoms with Gasteiger partial charge in [0.2, 0.25) is 6.08 Å². The number of hydrogen-bond donors (Lipinski definition) is 7. The fourth-order valence-corrected chi connectivity index (χ4v) is 8.68. The Bertz CT molecular complexity index is 2950. The minimum Gasteiger partial charge on any atom is -0.489 e. The largest absolute Gasteiger partial charge is 0.489 e. The fourth-order valence-electron chi connectivity index (χ4n) is 7.95. The Morgan fingerprint density at radius 2 is 1.06 bits per heavy atom. The number of urea groups is 1. The van der Waals surface area contributed by atoms with Crippen LogP contribution in [0.2, 0.25) is 29.7 Å². The van der Waals surface area contributed by atoms with Crippen LogP contribution in [0.25, 0.3) is 22.5 Å². The summed E-state index contributed by atoms with van der Waals surface area (Å²) in [5.74, 6) is 2.07. The van der Waals surface area contributed by atoms with E-state index < -0.39 is 14.3 Å². The second-order valence-electron chi connectivity index (χ2n) is 20.4. The third-order valence-corrected chi connectivity index (χ3v) is 12.9. The van der Waals surface area contributed by atoms with Crippen LogP contribution in [0, 0.1) is 0 Å². The Morgan fingerprint density at radius 1 is 0.671 bits per heavy atom. The molecule has 6 aromatic rings. The van der Waals surface area contributed by atoms with Gasteiger partial charge >= 0.3 is 6.03 Å². The smallest absolute Gasteiger partial charge is 0.312 e. The molecule has 2 unspecified atom stereocenters. The molecule has 4 amide bonds. The van der Waals surface area contributed by atoms with Crippen molar-refractivity contribution in [2.24, 2.45) is 30.2 Å². The molecule has 79 heavy (non-hydrogen) atoms. The van der Waals surface area contributed by atoms with Crippen molar-refractivity contribution >= 4 is 55.4 Å². The maximum Gasteiger partial charge on any atom is 0.312 e. The van der Waals surface area contributed by atoms with Gasteiger partial charge in [-0.05, 0) is 134 Å². The lowest BCUT2D eigenvalue weighted by Gasteiger charge is -2.19. The first-order valence-corrected chi connectivity index (χ1v) is 29.9. The lowest BCUT2D eigenvalue weighted by Crippen LogP contribution is -2.37. The molecule has 21 heteroatoms. The Balaban J connectivity index is 0.000000367. The molecule has 9 N–H and O–H groups in total. The molecule has 0 spiro atoms. The second-order valence-corrected chi connectivity index (χ2v) is 25.8. The van der Waals surface area contributed by atoms with E-state index in [2.05, 4.69) is 30.6 Å². The number of aromatic nitrogens is 4. The number of aliphatic hydroxyl groups is 2. The van der Waals surface area contributed by atoms with Gasteiger partial charge in [-0.25, -0.2) is 24.2 Å². The zero-order valence-electron chi connectivity index (χ0n) is 46.4. The normalized spacial score (nSPS) is 12.5. The molecule has 0 saturated carbocycles. The number of isocyanates is 1. The summed E-state index contributed by atoms with van der Waals surface area (Å²) in [6.45, 7) is 17.2. The number of ether oxygens (including phenoxy) is 2. The number of hydrogen-bond acceptors (Lipinski definition) is 12. The first-order chi connectivity index (χ1) is 36.8. The number of imidazole rings is 2. The number of nitrogens with two attached hydrogens (primary N) is 2. The number of nitrogens with zero attached hydrogens (tertiary/aromatic N) is 5. The van der Waals surface area contributed by atoms with Crippen LogP contribution in [0.4, 0.5) is 4.79 Å². The number of amides is 4. The summed E-state index contributed by atoms with van der Waals surface area (Å²) in [5, 5.41) is 28.5. The van der Waals surface area contributed by atoms with Gasteiger partial charge in [-0.2, -0.15) is 0 Å². The van der Waals surface area contributed by atoms with Gasteiger partial charge in [0.15, 0.2) is 8.24 Å². The Morgan fingerprint density at radius 3 is 1.37 bits per heavy atom. The molecular weight excluding hydrogens is 1060 g/mol. The highest BCUT2D eigenvalue weighted by molar-refractivity contribution is 6.74. The summed E-state index contributed by atoms with van der Waals surface area (Å²) in [7, 11) is 2.34. The molecule has 0 radical (unpaired) electrons. The van der Waals surface area contributed by atoms with Crippen molar-refractivity contribution in [1.29, 1.82) is 0 Å². The standard InChI is InChI=1S/C27H34ClN5O4.C26H33ClN4O3.C4H9NOSi.CH4/c1-16(2)37-24-10-9-20(14-22(24)28)26(35)31-21(11-12-34)13-18-5-7-19(8-6-18)23-15-33(4)25(32-23)17(3)30-27(29)36;1-16(2)34-24-10-9-20(14-22(24)27)26(33)29-21(11-12-32)13-18-5-7-19(8-6-18)23-15-31(4)25(30-23)17(3)28;1-7(2,3)5-4-6;/h5-10,14-17,21,34H,11-13H2,1-4H3,(H,31,35)(H3,29,30,36);5-10,14-17,21,32H,11-13,28H2,1-4H3,(H,29,33);1-3H3;1H4/t2*17?,21-;;/m11../s1.